The van der Waals surface area contributed by atoms with E-state index in [4.69, 9.17) is 15.0 Å². The minimum atomic E-state index is 0.976. The lowest BCUT2D eigenvalue weighted by Crippen LogP contribution is -1.94. The third-order valence-electron chi connectivity index (χ3n) is 28.0. The van der Waals surface area contributed by atoms with Gasteiger partial charge in [-0.2, -0.15) is 0 Å². The summed E-state index contributed by atoms with van der Waals surface area (Å²) in [6.07, 6.45) is 0. The number of pyridine rings is 3. The van der Waals surface area contributed by atoms with Crippen molar-refractivity contribution in [3.05, 3.63) is 504 Å². The van der Waals surface area contributed by atoms with Crippen LogP contribution in [0.25, 0.3) is 273 Å². The molecule has 0 fully saturated rings. The third kappa shape index (κ3) is 13.7. The van der Waals surface area contributed by atoms with Gasteiger partial charge in [0.2, 0.25) is 0 Å². The lowest BCUT2D eigenvalue weighted by atomic mass is 9.83. The van der Waals surface area contributed by atoms with E-state index >= 15 is 0 Å². The van der Waals surface area contributed by atoms with Gasteiger partial charge in [-0.05, 0) is 239 Å². The van der Waals surface area contributed by atoms with Crippen LogP contribution in [0.3, 0.4) is 0 Å². The second kappa shape index (κ2) is 33.2. The topological polar surface area (TPSA) is 38.7 Å². The first-order valence-electron chi connectivity index (χ1n) is 46.8. The number of fused-ring (bicyclic) bond motifs is 19. The molecule has 0 saturated carbocycles. The predicted octanol–water partition coefficient (Wildman–Crippen LogP) is 36.7. The fourth-order valence-electron chi connectivity index (χ4n) is 21.7. The molecule has 0 unspecified atom stereocenters. The average Bonchev–Trinajstić information content (AvgIpc) is 0.725. The zero-order valence-corrected chi connectivity index (χ0v) is 74.3. The SMILES string of the molecule is c1ccc(-c2c3ccccc3c(-c3ccccc3)c3cc(-c4ccc5ccc6ccccc6c5n4)ccc23)cc1.c1ccc2c(-c3c4ccccc4c(-c4cccc5ccccc45)c4cc(-c5ccc6ccc7ccccc7c6n5)ccc34)cccc2c1.c1ccc2cc(-c3c4ccccc4c(-c4ccc5ccccc5c4)c4cc(-c5ccc6ccc7ccccc7c6n5)ccc34)ccc2c1. The highest BCUT2D eigenvalue weighted by atomic mass is 14.7. The molecule has 25 aromatic carbocycles. The molecule has 0 aliphatic carbocycles. The molecule has 0 aliphatic rings. The Kier molecular flexibility index (Phi) is 19.3. The molecule has 0 aliphatic heterocycles. The number of nitrogens with zero attached hydrogens (tertiary/aromatic N) is 3. The van der Waals surface area contributed by atoms with Gasteiger partial charge in [0.05, 0.1) is 33.6 Å². The van der Waals surface area contributed by atoms with E-state index in [0.717, 1.165) is 66.5 Å². The first-order chi connectivity index (χ1) is 67.4. The van der Waals surface area contributed by atoms with Crippen molar-refractivity contribution in [2.45, 2.75) is 0 Å². The van der Waals surface area contributed by atoms with E-state index in [1.807, 2.05) is 0 Å². The van der Waals surface area contributed by atoms with Crippen LogP contribution in [0.5, 0.6) is 0 Å². The average molecular weight is 1720 g/mol. The first-order valence-corrected chi connectivity index (χ1v) is 46.8. The highest BCUT2D eigenvalue weighted by molar-refractivity contribution is 6.28. The molecule has 0 saturated heterocycles. The molecule has 0 amide bonds. The molecule has 0 bridgehead atoms. The molecule has 136 heavy (non-hydrogen) atoms. The molecular formula is C133H83N3. The Morgan fingerprint density at radius 2 is 0.324 bits per heavy atom. The van der Waals surface area contributed by atoms with Gasteiger partial charge < -0.3 is 0 Å². The van der Waals surface area contributed by atoms with Crippen LogP contribution < -0.4 is 0 Å². The molecule has 630 valence electrons. The minimum absolute atomic E-state index is 0.976. The highest BCUT2D eigenvalue weighted by Gasteiger charge is 2.25. The molecule has 28 aromatic rings. The van der Waals surface area contributed by atoms with Crippen LogP contribution in [0.2, 0.25) is 0 Å². The number of benzene rings is 25. The van der Waals surface area contributed by atoms with Gasteiger partial charge >= 0.3 is 0 Å². The summed E-state index contributed by atoms with van der Waals surface area (Å²) < 4.78 is 0. The van der Waals surface area contributed by atoms with Gasteiger partial charge in [0.1, 0.15) is 0 Å². The maximum atomic E-state index is 5.32. The van der Waals surface area contributed by atoms with E-state index in [-0.39, 0.29) is 0 Å². The van der Waals surface area contributed by atoms with Crippen molar-refractivity contribution in [2.24, 2.45) is 0 Å². The Hall–Kier alpha value is -17.9. The summed E-state index contributed by atoms with van der Waals surface area (Å²) >= 11 is 0. The zero-order valence-electron chi connectivity index (χ0n) is 74.3. The van der Waals surface area contributed by atoms with Crippen LogP contribution in [0.15, 0.2) is 504 Å². The van der Waals surface area contributed by atoms with Crippen molar-refractivity contribution in [1.29, 1.82) is 0 Å². The molecule has 0 spiro atoms. The van der Waals surface area contributed by atoms with Crippen LogP contribution in [-0.4, -0.2) is 15.0 Å². The van der Waals surface area contributed by atoms with Gasteiger partial charge in [-0.1, -0.05) is 455 Å². The van der Waals surface area contributed by atoms with Gasteiger partial charge in [-0.25, -0.2) is 15.0 Å². The van der Waals surface area contributed by atoms with Crippen molar-refractivity contribution in [3.8, 4) is 101 Å². The maximum absolute atomic E-state index is 5.32. The molecule has 28 rings (SSSR count). The van der Waals surface area contributed by atoms with Crippen LogP contribution in [0, 0.1) is 0 Å². The Labute approximate surface area is 786 Å². The third-order valence-corrected chi connectivity index (χ3v) is 28.0. The van der Waals surface area contributed by atoms with Crippen molar-refractivity contribution in [1.82, 2.24) is 15.0 Å². The number of hydrogen-bond acceptors (Lipinski definition) is 3. The summed E-state index contributed by atoms with van der Waals surface area (Å²) in [5, 5.41) is 35.6. The molecular weight excluding hydrogens is 1640 g/mol. The standard InChI is InChI=1S/2C47H29N.C39H25N/c1-4-16-35-30(11-1)14-9-21-38(35)45-40-19-7-8-20-41(40)46(39-22-10-15-31-12-2-5-17-36(31)39)43-29-34(25-27-42(43)45)44-28-26-33-24-23-32-13-3-6-18-37(32)47(33)48-44;1-3-12-34-27-37(21-17-30(34)9-1)45-40-15-7-8-16-41(40)46(38-22-18-31-10-2-4-13-35(31)28-38)43-29-36(23-25-42(43)45)44-26-24-33-20-19-32-11-5-6-14-39(32)47(33)48-44;1-3-12-27(13-4-1)37-32-17-9-10-18-33(32)38(28-14-5-2-6-15-28)35-25-30(21-23-34(35)37)36-24-22-29-20-19-26-11-7-8-16-31(26)39(29)40-36/h2*1-29H;1-25H. The van der Waals surface area contributed by atoms with Gasteiger partial charge in [0, 0.05) is 49.0 Å². The monoisotopic (exact) mass is 1720 g/mol. The Morgan fingerprint density at radius 1 is 0.103 bits per heavy atom. The first kappa shape index (κ1) is 79.1. The van der Waals surface area contributed by atoms with Gasteiger partial charge in [0.25, 0.3) is 0 Å². The van der Waals surface area contributed by atoms with Crippen LogP contribution in [0.4, 0.5) is 0 Å². The molecule has 0 atom stereocenters. The lowest BCUT2D eigenvalue weighted by Gasteiger charge is -2.20. The van der Waals surface area contributed by atoms with Crippen molar-refractivity contribution >= 4 is 173 Å². The highest BCUT2D eigenvalue weighted by Crippen LogP contribution is 2.52. The normalized spacial score (nSPS) is 11.7. The second-order valence-electron chi connectivity index (χ2n) is 35.7. The summed E-state index contributed by atoms with van der Waals surface area (Å²) in [6, 6.07) is 183. The predicted molar refractivity (Wildman–Crippen MR) is 582 cm³/mol. The summed E-state index contributed by atoms with van der Waals surface area (Å²) in [5.41, 5.74) is 24.4. The van der Waals surface area contributed by atoms with Gasteiger partial charge in [-0.3, -0.25) is 0 Å². The Morgan fingerprint density at radius 3 is 0.691 bits per heavy atom. The molecule has 0 radical (unpaired) electrons. The number of aromatic nitrogens is 3. The van der Waals surface area contributed by atoms with Gasteiger partial charge in [-0.15, -0.1) is 0 Å². The fraction of sp³-hybridized carbons (Fsp3) is 0. The van der Waals surface area contributed by atoms with Crippen LogP contribution in [-0.2, 0) is 0 Å². The van der Waals surface area contributed by atoms with Crippen molar-refractivity contribution in [2.75, 3.05) is 0 Å². The molecule has 3 heterocycles. The molecule has 0 N–H and O–H groups in total. The van der Waals surface area contributed by atoms with Crippen LogP contribution in [0.1, 0.15) is 0 Å². The number of rotatable bonds is 9. The molecule has 3 nitrogen and oxygen atoms in total. The fourth-order valence-corrected chi connectivity index (χ4v) is 21.7. The minimum Gasteiger partial charge on any atom is -0.247 e. The van der Waals surface area contributed by atoms with E-state index in [2.05, 4.69) is 504 Å². The van der Waals surface area contributed by atoms with E-state index in [1.54, 1.807) is 0 Å². The van der Waals surface area contributed by atoms with Gasteiger partial charge in [0.15, 0.2) is 0 Å². The van der Waals surface area contributed by atoms with E-state index < -0.39 is 0 Å². The maximum Gasteiger partial charge on any atom is 0.0787 e. The lowest BCUT2D eigenvalue weighted by molar-refractivity contribution is 1.42. The largest absolute Gasteiger partial charge is 0.247 e. The summed E-state index contributed by atoms with van der Waals surface area (Å²) in [7, 11) is 0. The van der Waals surface area contributed by atoms with Crippen molar-refractivity contribution in [3.63, 3.8) is 0 Å². The Bertz CT molecular complexity index is 9750. The summed E-state index contributed by atoms with van der Waals surface area (Å²) in [6.45, 7) is 0. The summed E-state index contributed by atoms with van der Waals surface area (Å²) in [5.74, 6) is 0. The van der Waals surface area contributed by atoms with Crippen LogP contribution >= 0.6 is 0 Å². The van der Waals surface area contributed by atoms with E-state index in [1.165, 1.54) is 207 Å². The molecule has 3 aromatic heterocycles. The smallest absolute Gasteiger partial charge is 0.0787 e. The van der Waals surface area contributed by atoms with E-state index in [9.17, 15) is 0 Å². The quantitative estimate of drug-likeness (QED) is 0.107. The second-order valence-corrected chi connectivity index (χ2v) is 35.7. The van der Waals surface area contributed by atoms with E-state index in [0.29, 0.717) is 0 Å². The molecule has 3 heteroatoms. The van der Waals surface area contributed by atoms with Crippen molar-refractivity contribution < 1.29 is 0 Å². The summed E-state index contributed by atoms with van der Waals surface area (Å²) in [4.78, 5) is 15.8. The number of hydrogen-bond donors (Lipinski definition) is 0. The zero-order chi connectivity index (χ0) is 89.7. The Balaban J connectivity index is 0.000000106.